The zero-order valence-corrected chi connectivity index (χ0v) is 13.5. The SMILES string of the molecule is CC(C)CN(CC(C)C)S(=O)(=O)Cc1ccccc1F. The van der Waals surface area contributed by atoms with E-state index in [1.807, 2.05) is 27.7 Å². The predicted molar refractivity (Wildman–Crippen MR) is 80.3 cm³/mol. The molecular formula is C15H24FNO2S. The number of nitrogens with zero attached hydrogens (tertiary/aromatic N) is 1. The van der Waals surface area contributed by atoms with Crippen molar-refractivity contribution in [3.05, 3.63) is 35.6 Å². The first-order chi connectivity index (χ1) is 9.22. The fourth-order valence-electron chi connectivity index (χ4n) is 2.02. The second kappa shape index (κ2) is 7.18. The van der Waals surface area contributed by atoms with E-state index in [4.69, 9.17) is 0 Å². The number of halogens is 1. The Morgan fingerprint density at radius 2 is 1.55 bits per heavy atom. The summed E-state index contributed by atoms with van der Waals surface area (Å²) in [6.07, 6.45) is 0. The van der Waals surface area contributed by atoms with Crippen LogP contribution in [0.1, 0.15) is 33.3 Å². The van der Waals surface area contributed by atoms with Crippen LogP contribution in [0.25, 0.3) is 0 Å². The van der Waals surface area contributed by atoms with Gasteiger partial charge in [-0.25, -0.2) is 17.1 Å². The molecule has 1 aromatic carbocycles. The molecule has 0 radical (unpaired) electrons. The quantitative estimate of drug-likeness (QED) is 0.775. The lowest BCUT2D eigenvalue weighted by atomic mass is 10.2. The summed E-state index contributed by atoms with van der Waals surface area (Å²) in [6.45, 7) is 8.85. The number of benzene rings is 1. The van der Waals surface area contributed by atoms with Gasteiger partial charge in [0, 0.05) is 18.7 Å². The van der Waals surface area contributed by atoms with E-state index in [2.05, 4.69) is 0 Å². The van der Waals surface area contributed by atoms with Gasteiger partial charge in [0.1, 0.15) is 5.82 Å². The van der Waals surface area contributed by atoms with Crippen molar-refractivity contribution < 1.29 is 12.8 Å². The molecule has 0 aliphatic heterocycles. The van der Waals surface area contributed by atoms with Gasteiger partial charge in [0.15, 0.2) is 0 Å². The van der Waals surface area contributed by atoms with Crippen LogP contribution in [0.4, 0.5) is 4.39 Å². The molecule has 0 aromatic heterocycles. The first-order valence-corrected chi connectivity index (χ1v) is 8.54. The van der Waals surface area contributed by atoms with Crippen LogP contribution >= 0.6 is 0 Å². The normalized spacial score (nSPS) is 12.6. The third-order valence-electron chi connectivity index (χ3n) is 2.83. The molecule has 0 N–H and O–H groups in total. The van der Waals surface area contributed by atoms with E-state index in [0.717, 1.165) is 0 Å². The molecule has 0 atom stereocenters. The summed E-state index contributed by atoms with van der Waals surface area (Å²) >= 11 is 0. The van der Waals surface area contributed by atoms with Crippen molar-refractivity contribution in [1.29, 1.82) is 0 Å². The van der Waals surface area contributed by atoms with Gasteiger partial charge in [-0.3, -0.25) is 0 Å². The van der Waals surface area contributed by atoms with Gasteiger partial charge in [0.05, 0.1) is 5.75 Å². The van der Waals surface area contributed by atoms with E-state index < -0.39 is 15.8 Å². The van der Waals surface area contributed by atoms with Crippen molar-refractivity contribution in [2.45, 2.75) is 33.4 Å². The highest BCUT2D eigenvalue weighted by molar-refractivity contribution is 7.88. The molecule has 5 heteroatoms. The molecule has 114 valence electrons. The molecule has 0 aliphatic carbocycles. The molecule has 0 unspecified atom stereocenters. The maximum absolute atomic E-state index is 13.6. The summed E-state index contributed by atoms with van der Waals surface area (Å²) < 4.78 is 40.1. The largest absolute Gasteiger partial charge is 0.218 e. The minimum Gasteiger partial charge on any atom is -0.212 e. The van der Waals surface area contributed by atoms with Gasteiger partial charge < -0.3 is 0 Å². The van der Waals surface area contributed by atoms with Crippen LogP contribution in [0.2, 0.25) is 0 Å². The summed E-state index contributed by atoms with van der Waals surface area (Å²) in [5.41, 5.74) is 0.227. The van der Waals surface area contributed by atoms with Crippen LogP contribution in [0.15, 0.2) is 24.3 Å². The maximum atomic E-state index is 13.6. The Hall–Kier alpha value is -0.940. The van der Waals surface area contributed by atoms with Gasteiger partial charge in [-0.1, -0.05) is 45.9 Å². The molecule has 1 aromatic rings. The number of hydrogen-bond donors (Lipinski definition) is 0. The maximum Gasteiger partial charge on any atom is 0.218 e. The van der Waals surface area contributed by atoms with Crippen LogP contribution in [0.3, 0.4) is 0 Å². The van der Waals surface area contributed by atoms with Crippen molar-refractivity contribution in [2.75, 3.05) is 13.1 Å². The van der Waals surface area contributed by atoms with Crippen molar-refractivity contribution in [2.24, 2.45) is 11.8 Å². The third kappa shape index (κ3) is 5.21. The lowest BCUT2D eigenvalue weighted by Crippen LogP contribution is -2.37. The smallest absolute Gasteiger partial charge is 0.212 e. The minimum atomic E-state index is -3.49. The van der Waals surface area contributed by atoms with Gasteiger partial charge in [-0.05, 0) is 17.9 Å². The Labute approximate surface area is 121 Å². The molecule has 0 spiro atoms. The van der Waals surface area contributed by atoms with Crippen molar-refractivity contribution in [1.82, 2.24) is 4.31 Å². The summed E-state index contributed by atoms with van der Waals surface area (Å²) in [5, 5.41) is 0. The van der Waals surface area contributed by atoms with E-state index in [9.17, 15) is 12.8 Å². The van der Waals surface area contributed by atoms with Crippen LogP contribution in [0.5, 0.6) is 0 Å². The van der Waals surface area contributed by atoms with Gasteiger partial charge in [-0.15, -0.1) is 0 Å². The molecular weight excluding hydrogens is 277 g/mol. The zero-order chi connectivity index (χ0) is 15.3. The number of sulfonamides is 1. The molecule has 0 aliphatic rings. The molecule has 3 nitrogen and oxygen atoms in total. The first-order valence-electron chi connectivity index (χ1n) is 6.93. The first kappa shape index (κ1) is 17.1. The fraction of sp³-hybridized carbons (Fsp3) is 0.600. The lowest BCUT2D eigenvalue weighted by Gasteiger charge is -2.25. The van der Waals surface area contributed by atoms with Gasteiger partial charge in [0.25, 0.3) is 0 Å². The number of hydrogen-bond acceptors (Lipinski definition) is 2. The van der Waals surface area contributed by atoms with E-state index in [0.29, 0.717) is 13.1 Å². The van der Waals surface area contributed by atoms with Gasteiger partial charge >= 0.3 is 0 Å². The molecule has 20 heavy (non-hydrogen) atoms. The average Bonchev–Trinajstić information content (AvgIpc) is 2.30. The van der Waals surface area contributed by atoms with E-state index in [-0.39, 0.29) is 23.2 Å². The second-order valence-corrected chi connectivity index (χ2v) is 7.92. The predicted octanol–water partition coefficient (Wildman–Crippen LogP) is 3.27. The summed E-state index contributed by atoms with van der Waals surface area (Å²) in [7, 11) is -3.49. The standard InChI is InChI=1S/C15H24FNO2S/c1-12(2)9-17(10-13(3)4)20(18,19)11-14-7-5-6-8-15(14)16/h5-8,12-13H,9-11H2,1-4H3. The molecule has 0 saturated heterocycles. The van der Waals surface area contributed by atoms with E-state index in [1.54, 1.807) is 12.1 Å². The highest BCUT2D eigenvalue weighted by Crippen LogP contribution is 2.17. The Bertz CT molecular complexity index is 516. The monoisotopic (exact) mass is 301 g/mol. The Morgan fingerprint density at radius 3 is 2.00 bits per heavy atom. The van der Waals surface area contributed by atoms with E-state index in [1.165, 1.54) is 16.4 Å². The van der Waals surface area contributed by atoms with Crippen LogP contribution in [-0.2, 0) is 15.8 Å². The van der Waals surface area contributed by atoms with Gasteiger partial charge in [0.2, 0.25) is 10.0 Å². The molecule has 0 amide bonds. The lowest BCUT2D eigenvalue weighted by molar-refractivity contribution is 0.333. The van der Waals surface area contributed by atoms with Crippen molar-refractivity contribution in [3.8, 4) is 0 Å². The molecule has 1 rings (SSSR count). The molecule has 0 bridgehead atoms. The highest BCUT2D eigenvalue weighted by atomic mass is 32.2. The summed E-state index contributed by atoms with van der Waals surface area (Å²) in [4.78, 5) is 0. The third-order valence-corrected chi connectivity index (χ3v) is 4.59. The van der Waals surface area contributed by atoms with Crippen LogP contribution < -0.4 is 0 Å². The average molecular weight is 301 g/mol. The Balaban J connectivity index is 2.95. The molecule has 0 heterocycles. The van der Waals surface area contributed by atoms with Gasteiger partial charge in [-0.2, -0.15) is 0 Å². The summed E-state index contributed by atoms with van der Waals surface area (Å²) in [5.74, 6) is -0.266. The highest BCUT2D eigenvalue weighted by Gasteiger charge is 2.25. The Kier molecular flexibility index (Phi) is 6.14. The number of rotatable bonds is 7. The minimum absolute atomic E-state index is 0.227. The van der Waals surface area contributed by atoms with Crippen molar-refractivity contribution >= 4 is 10.0 Å². The van der Waals surface area contributed by atoms with Crippen molar-refractivity contribution in [3.63, 3.8) is 0 Å². The van der Waals surface area contributed by atoms with Crippen LogP contribution in [-0.4, -0.2) is 25.8 Å². The fourth-order valence-corrected chi connectivity index (χ4v) is 3.88. The molecule has 0 fully saturated rings. The zero-order valence-electron chi connectivity index (χ0n) is 12.6. The van der Waals surface area contributed by atoms with E-state index >= 15 is 0 Å². The summed E-state index contributed by atoms with van der Waals surface area (Å²) in [6, 6.07) is 6.03. The Morgan fingerprint density at radius 1 is 1.05 bits per heavy atom. The molecule has 0 saturated carbocycles. The topological polar surface area (TPSA) is 37.4 Å². The van der Waals surface area contributed by atoms with Crippen LogP contribution in [0, 0.1) is 17.7 Å². The second-order valence-electron chi connectivity index (χ2n) is 5.95.